The van der Waals surface area contributed by atoms with Gasteiger partial charge in [-0.05, 0) is 29.3 Å². The first-order chi connectivity index (χ1) is 13.8. The van der Waals surface area contributed by atoms with Crippen molar-refractivity contribution in [3.8, 4) is 5.75 Å². The lowest BCUT2D eigenvalue weighted by molar-refractivity contribution is -0.177. The fourth-order valence-corrected chi connectivity index (χ4v) is 2.66. The molecule has 2 aromatic rings. The molecule has 0 aliphatic heterocycles. The molecule has 0 saturated heterocycles. The Labute approximate surface area is 173 Å². The van der Waals surface area contributed by atoms with Crippen LogP contribution in [0.1, 0.15) is 11.1 Å². The van der Waals surface area contributed by atoms with Gasteiger partial charge in [-0.25, -0.2) is 14.2 Å². The van der Waals surface area contributed by atoms with Gasteiger partial charge in [0.2, 0.25) is 0 Å². The molecule has 156 valence electrons. The van der Waals surface area contributed by atoms with Crippen molar-refractivity contribution in [1.82, 2.24) is 10.4 Å². The number of ether oxygens (including phenoxy) is 2. The van der Waals surface area contributed by atoms with Crippen LogP contribution >= 0.6 is 11.6 Å². The highest BCUT2D eigenvalue weighted by Crippen LogP contribution is 2.20. The third-order valence-electron chi connectivity index (χ3n) is 4.14. The minimum absolute atomic E-state index is 0.0854. The number of nitrogens with zero attached hydrogens (tertiary/aromatic N) is 1. The average Bonchev–Trinajstić information content (AvgIpc) is 2.74. The number of carbonyl (C=O) groups excluding carboxylic acids is 2. The number of hydrogen-bond donors (Lipinski definition) is 1. The van der Waals surface area contributed by atoms with Crippen LogP contribution in [0.5, 0.6) is 5.75 Å². The molecule has 0 bridgehead atoms. The number of alkyl carbamates (subject to hydrolysis) is 1. The van der Waals surface area contributed by atoms with E-state index < -0.39 is 23.9 Å². The number of carbonyl (C=O) groups is 2. The Balaban J connectivity index is 2.06. The summed E-state index contributed by atoms with van der Waals surface area (Å²) >= 11 is 5.79. The first kappa shape index (κ1) is 22.4. The van der Waals surface area contributed by atoms with Crippen LogP contribution in [0.15, 0.2) is 42.5 Å². The van der Waals surface area contributed by atoms with Crippen LogP contribution < -0.4 is 10.1 Å². The fourth-order valence-electron chi connectivity index (χ4n) is 2.47. The predicted octanol–water partition coefficient (Wildman–Crippen LogP) is 3.35. The number of hydrogen-bond acceptors (Lipinski definition) is 5. The standard InChI is InChI=1S/C20H22ClFN2O5/c1-24(28-3)19(25)17(11-14-5-4-6-16(21)18(14)22)29-20(26)23-12-13-7-9-15(27-2)10-8-13/h4-10,17H,11-12H2,1-3H3,(H,23,26). The maximum Gasteiger partial charge on any atom is 0.408 e. The second-order valence-corrected chi connectivity index (χ2v) is 6.44. The number of rotatable bonds is 8. The predicted molar refractivity (Wildman–Crippen MR) is 105 cm³/mol. The van der Waals surface area contributed by atoms with Gasteiger partial charge in [0, 0.05) is 20.0 Å². The maximum atomic E-state index is 14.2. The number of amides is 2. The highest BCUT2D eigenvalue weighted by atomic mass is 35.5. The van der Waals surface area contributed by atoms with E-state index in [0.29, 0.717) is 5.75 Å². The maximum absolute atomic E-state index is 14.2. The van der Waals surface area contributed by atoms with Gasteiger partial charge in [-0.15, -0.1) is 0 Å². The summed E-state index contributed by atoms with van der Waals surface area (Å²) in [6, 6.07) is 11.5. The number of hydroxylamine groups is 2. The van der Waals surface area contributed by atoms with Gasteiger partial charge in [-0.2, -0.15) is 0 Å². The van der Waals surface area contributed by atoms with Crippen molar-refractivity contribution in [3.63, 3.8) is 0 Å². The van der Waals surface area contributed by atoms with E-state index in [9.17, 15) is 14.0 Å². The van der Waals surface area contributed by atoms with Crippen LogP contribution in [0, 0.1) is 5.82 Å². The molecule has 9 heteroatoms. The van der Waals surface area contributed by atoms with Crippen molar-refractivity contribution in [2.75, 3.05) is 21.3 Å². The Bertz CT molecular complexity index is 847. The molecule has 0 aromatic heterocycles. The van der Waals surface area contributed by atoms with Crippen molar-refractivity contribution < 1.29 is 28.3 Å². The fraction of sp³-hybridized carbons (Fsp3) is 0.300. The molecule has 0 aliphatic carbocycles. The molecule has 29 heavy (non-hydrogen) atoms. The third kappa shape index (κ3) is 6.33. The molecule has 1 unspecified atom stereocenters. The summed E-state index contributed by atoms with van der Waals surface area (Å²) in [5.41, 5.74) is 0.948. The summed E-state index contributed by atoms with van der Waals surface area (Å²) in [5.74, 6) is -0.631. The van der Waals surface area contributed by atoms with Crippen LogP contribution in [0.4, 0.5) is 9.18 Å². The molecule has 1 N–H and O–H groups in total. The zero-order valence-electron chi connectivity index (χ0n) is 16.3. The van der Waals surface area contributed by atoms with E-state index in [1.165, 1.54) is 26.3 Å². The van der Waals surface area contributed by atoms with Gasteiger partial charge < -0.3 is 14.8 Å². The largest absolute Gasteiger partial charge is 0.497 e. The number of nitrogens with one attached hydrogen (secondary N) is 1. The monoisotopic (exact) mass is 424 g/mol. The quantitative estimate of drug-likeness (QED) is 0.657. The molecule has 2 aromatic carbocycles. The van der Waals surface area contributed by atoms with Gasteiger partial charge in [-0.3, -0.25) is 9.63 Å². The summed E-state index contributed by atoms with van der Waals surface area (Å²) in [4.78, 5) is 29.6. The Hall–Kier alpha value is -2.84. The van der Waals surface area contributed by atoms with Crippen molar-refractivity contribution >= 4 is 23.6 Å². The summed E-state index contributed by atoms with van der Waals surface area (Å²) in [6.45, 7) is 0.176. The van der Waals surface area contributed by atoms with Crippen LogP contribution in [-0.2, 0) is 27.3 Å². The third-order valence-corrected chi connectivity index (χ3v) is 4.43. The van der Waals surface area contributed by atoms with E-state index in [-0.39, 0.29) is 23.6 Å². The molecule has 0 aliphatic rings. The Morgan fingerprint density at radius 1 is 1.17 bits per heavy atom. The zero-order chi connectivity index (χ0) is 21.4. The van der Waals surface area contributed by atoms with Crippen LogP contribution in [0.25, 0.3) is 0 Å². The summed E-state index contributed by atoms with van der Waals surface area (Å²) < 4.78 is 24.5. The lowest BCUT2D eigenvalue weighted by atomic mass is 10.1. The number of benzene rings is 2. The Kier molecular flexibility index (Phi) is 8.23. The van der Waals surface area contributed by atoms with E-state index in [1.54, 1.807) is 37.4 Å². The molecule has 2 amide bonds. The van der Waals surface area contributed by atoms with Crippen molar-refractivity contribution in [1.29, 1.82) is 0 Å². The molecule has 0 fully saturated rings. The lowest BCUT2D eigenvalue weighted by Gasteiger charge is -2.22. The SMILES string of the molecule is COc1ccc(CNC(=O)OC(Cc2cccc(Cl)c2F)C(=O)N(C)OC)cc1. The molecule has 0 saturated carbocycles. The Morgan fingerprint density at radius 3 is 2.48 bits per heavy atom. The number of halogens is 2. The first-order valence-corrected chi connectivity index (χ1v) is 9.05. The van der Waals surface area contributed by atoms with Gasteiger partial charge in [0.25, 0.3) is 5.91 Å². The smallest absolute Gasteiger partial charge is 0.408 e. The van der Waals surface area contributed by atoms with Gasteiger partial charge in [0.1, 0.15) is 11.6 Å². The second kappa shape index (κ2) is 10.6. The van der Waals surface area contributed by atoms with E-state index >= 15 is 0 Å². The van der Waals surface area contributed by atoms with Crippen molar-refractivity contribution in [2.24, 2.45) is 0 Å². The molecular formula is C20H22ClFN2O5. The van der Waals surface area contributed by atoms with E-state index in [2.05, 4.69) is 5.32 Å². The van der Waals surface area contributed by atoms with Gasteiger partial charge in [0.05, 0.1) is 19.2 Å². The van der Waals surface area contributed by atoms with E-state index in [1.807, 2.05) is 0 Å². The van der Waals surface area contributed by atoms with Gasteiger partial charge in [-0.1, -0.05) is 35.9 Å². The van der Waals surface area contributed by atoms with Crippen LogP contribution in [0.2, 0.25) is 5.02 Å². The molecule has 0 spiro atoms. The normalized spacial score (nSPS) is 11.5. The highest BCUT2D eigenvalue weighted by Gasteiger charge is 2.28. The number of methoxy groups -OCH3 is 1. The molecule has 0 radical (unpaired) electrons. The number of likely N-dealkylation sites (N-methyl/N-ethyl adjacent to an activating group) is 1. The minimum atomic E-state index is -1.30. The van der Waals surface area contributed by atoms with Crippen molar-refractivity contribution in [2.45, 2.75) is 19.1 Å². The first-order valence-electron chi connectivity index (χ1n) is 8.67. The molecule has 7 nitrogen and oxygen atoms in total. The highest BCUT2D eigenvalue weighted by molar-refractivity contribution is 6.30. The van der Waals surface area contributed by atoms with Crippen LogP contribution in [-0.4, -0.2) is 44.4 Å². The lowest BCUT2D eigenvalue weighted by Crippen LogP contribution is -2.42. The average molecular weight is 425 g/mol. The topological polar surface area (TPSA) is 77.1 Å². The van der Waals surface area contributed by atoms with Crippen molar-refractivity contribution in [3.05, 3.63) is 64.4 Å². The zero-order valence-corrected chi connectivity index (χ0v) is 17.0. The molecule has 2 rings (SSSR count). The molecule has 0 heterocycles. The second-order valence-electron chi connectivity index (χ2n) is 6.03. The van der Waals surface area contributed by atoms with Gasteiger partial charge >= 0.3 is 6.09 Å². The molecular weight excluding hydrogens is 403 g/mol. The molecule has 1 atom stereocenters. The van der Waals surface area contributed by atoms with E-state index in [0.717, 1.165) is 10.6 Å². The minimum Gasteiger partial charge on any atom is -0.497 e. The summed E-state index contributed by atoms with van der Waals surface area (Å²) in [7, 11) is 4.21. The van der Waals surface area contributed by atoms with Gasteiger partial charge in [0.15, 0.2) is 6.10 Å². The Morgan fingerprint density at radius 2 is 1.86 bits per heavy atom. The summed E-state index contributed by atoms with van der Waals surface area (Å²) in [5, 5.41) is 3.38. The summed E-state index contributed by atoms with van der Waals surface area (Å²) in [6.07, 6.45) is -2.33. The van der Waals surface area contributed by atoms with Crippen LogP contribution in [0.3, 0.4) is 0 Å². The van der Waals surface area contributed by atoms with E-state index in [4.69, 9.17) is 25.9 Å².